The number of benzene rings is 2. The van der Waals surface area contributed by atoms with E-state index in [-0.39, 0.29) is 23.8 Å². The number of hydrogen-bond donors (Lipinski definition) is 2. The van der Waals surface area contributed by atoms with Gasteiger partial charge < -0.3 is 11.1 Å². The number of hydrogen-bond acceptors (Lipinski definition) is 4. The van der Waals surface area contributed by atoms with Gasteiger partial charge in [-0.05, 0) is 35.6 Å². The summed E-state index contributed by atoms with van der Waals surface area (Å²) in [6, 6.07) is 12.0. The normalized spacial score (nSPS) is 12.0. The van der Waals surface area contributed by atoms with Gasteiger partial charge in [0, 0.05) is 18.7 Å². The van der Waals surface area contributed by atoms with Crippen molar-refractivity contribution in [3.05, 3.63) is 74.8 Å². The predicted molar refractivity (Wildman–Crippen MR) is 97.6 cm³/mol. The number of nitrogens with one attached hydrogen (secondary N) is 1. The number of nitrogens with zero attached hydrogens (tertiary/aromatic N) is 1. The van der Waals surface area contributed by atoms with Gasteiger partial charge in [0.25, 0.3) is 11.6 Å². The summed E-state index contributed by atoms with van der Waals surface area (Å²) in [4.78, 5) is 22.9. The number of rotatable bonds is 6. The first-order valence-electron chi connectivity index (χ1n) is 8.18. The van der Waals surface area contributed by atoms with E-state index in [0.29, 0.717) is 5.92 Å². The molecule has 1 unspecified atom stereocenters. The van der Waals surface area contributed by atoms with Crippen LogP contribution in [-0.4, -0.2) is 17.4 Å². The molecule has 0 bridgehead atoms. The predicted octanol–water partition coefficient (Wildman–Crippen LogP) is 3.46. The molecule has 0 saturated heterocycles. The van der Waals surface area contributed by atoms with Crippen molar-refractivity contribution >= 4 is 11.6 Å². The molecule has 1 atom stereocenters. The van der Waals surface area contributed by atoms with Crippen LogP contribution in [0, 0.1) is 17.0 Å². The number of nitrogens with two attached hydrogens (primary N) is 1. The smallest absolute Gasteiger partial charge is 0.282 e. The summed E-state index contributed by atoms with van der Waals surface area (Å²) in [5.41, 5.74) is 8.87. The Kier molecular flexibility index (Phi) is 5.88. The number of nitro groups is 1. The Bertz CT molecular complexity index is 770. The summed E-state index contributed by atoms with van der Waals surface area (Å²) < 4.78 is 0. The largest absolute Gasteiger partial charge is 0.350 e. The average molecular weight is 341 g/mol. The van der Waals surface area contributed by atoms with Crippen molar-refractivity contribution in [3.63, 3.8) is 0 Å². The molecule has 3 N–H and O–H groups in total. The minimum absolute atomic E-state index is 0.0485. The molecule has 6 heteroatoms. The SMILES string of the molecule is Cc1ccc([N+](=O)[O-])c(C(=O)NCC(N)c2ccc(C(C)C)cc2)c1. The molecule has 0 aromatic heterocycles. The van der Waals surface area contributed by atoms with Crippen molar-refractivity contribution in [1.82, 2.24) is 5.32 Å². The van der Waals surface area contributed by atoms with E-state index in [1.54, 1.807) is 13.0 Å². The van der Waals surface area contributed by atoms with Crippen LogP contribution < -0.4 is 11.1 Å². The van der Waals surface area contributed by atoms with Crippen LogP contribution >= 0.6 is 0 Å². The zero-order valence-corrected chi connectivity index (χ0v) is 14.7. The lowest BCUT2D eigenvalue weighted by molar-refractivity contribution is -0.385. The summed E-state index contributed by atoms with van der Waals surface area (Å²) in [7, 11) is 0. The fraction of sp³-hybridized carbons (Fsp3) is 0.316. The van der Waals surface area contributed by atoms with E-state index in [0.717, 1.165) is 11.1 Å². The van der Waals surface area contributed by atoms with E-state index in [9.17, 15) is 14.9 Å². The molecule has 0 aliphatic carbocycles. The zero-order valence-electron chi connectivity index (χ0n) is 14.7. The lowest BCUT2D eigenvalue weighted by Crippen LogP contribution is -2.32. The molecule has 6 nitrogen and oxygen atoms in total. The Balaban J connectivity index is 2.07. The number of amides is 1. The number of nitro benzene ring substituents is 1. The highest BCUT2D eigenvalue weighted by atomic mass is 16.6. The first-order valence-corrected chi connectivity index (χ1v) is 8.18. The van der Waals surface area contributed by atoms with Crippen LogP contribution in [0.1, 0.15) is 52.9 Å². The third-order valence-corrected chi connectivity index (χ3v) is 4.11. The van der Waals surface area contributed by atoms with E-state index in [1.165, 1.54) is 17.7 Å². The molecule has 2 rings (SSSR count). The molecule has 0 saturated carbocycles. The van der Waals surface area contributed by atoms with Crippen molar-refractivity contribution in [2.24, 2.45) is 5.73 Å². The molecule has 0 spiro atoms. The second kappa shape index (κ2) is 7.90. The molecular weight excluding hydrogens is 318 g/mol. The lowest BCUT2D eigenvalue weighted by Gasteiger charge is -2.15. The second-order valence-corrected chi connectivity index (χ2v) is 6.42. The number of carbonyl (C=O) groups is 1. The van der Waals surface area contributed by atoms with E-state index >= 15 is 0 Å². The highest BCUT2D eigenvalue weighted by Crippen LogP contribution is 2.20. The van der Waals surface area contributed by atoms with Crippen molar-refractivity contribution in [2.45, 2.75) is 32.7 Å². The Labute approximate surface area is 147 Å². The van der Waals surface area contributed by atoms with Gasteiger partial charge in [0.05, 0.1) is 4.92 Å². The summed E-state index contributed by atoms with van der Waals surface area (Å²) in [6.45, 7) is 6.21. The van der Waals surface area contributed by atoms with Gasteiger partial charge in [0.2, 0.25) is 0 Å². The van der Waals surface area contributed by atoms with Crippen LogP contribution in [0.4, 0.5) is 5.69 Å². The molecule has 0 fully saturated rings. The van der Waals surface area contributed by atoms with Gasteiger partial charge in [0.1, 0.15) is 5.56 Å². The quantitative estimate of drug-likeness (QED) is 0.621. The lowest BCUT2D eigenvalue weighted by atomic mass is 9.99. The van der Waals surface area contributed by atoms with Crippen LogP contribution in [0.2, 0.25) is 0 Å². The number of carbonyl (C=O) groups excluding carboxylic acids is 1. The van der Waals surface area contributed by atoms with Gasteiger partial charge in [-0.15, -0.1) is 0 Å². The van der Waals surface area contributed by atoms with E-state index < -0.39 is 10.8 Å². The van der Waals surface area contributed by atoms with Crippen LogP contribution in [0.5, 0.6) is 0 Å². The Morgan fingerprint density at radius 2 is 1.76 bits per heavy atom. The molecule has 2 aromatic carbocycles. The highest BCUT2D eigenvalue weighted by molar-refractivity contribution is 5.98. The molecule has 25 heavy (non-hydrogen) atoms. The van der Waals surface area contributed by atoms with E-state index in [2.05, 4.69) is 19.2 Å². The minimum atomic E-state index is -0.557. The molecule has 0 radical (unpaired) electrons. The topological polar surface area (TPSA) is 98.3 Å². The maximum absolute atomic E-state index is 12.3. The van der Waals surface area contributed by atoms with Crippen LogP contribution in [-0.2, 0) is 0 Å². The zero-order chi connectivity index (χ0) is 18.6. The van der Waals surface area contributed by atoms with Crippen molar-refractivity contribution in [1.29, 1.82) is 0 Å². The first-order chi connectivity index (χ1) is 11.8. The first kappa shape index (κ1) is 18.6. The third kappa shape index (κ3) is 4.64. The molecule has 0 aliphatic heterocycles. The van der Waals surface area contributed by atoms with Crippen LogP contribution in [0.15, 0.2) is 42.5 Å². The van der Waals surface area contributed by atoms with Crippen molar-refractivity contribution in [2.75, 3.05) is 6.54 Å². The molecule has 132 valence electrons. The van der Waals surface area contributed by atoms with Gasteiger partial charge in [-0.25, -0.2) is 0 Å². The average Bonchev–Trinajstić information content (AvgIpc) is 2.59. The Morgan fingerprint density at radius 1 is 1.16 bits per heavy atom. The molecule has 0 heterocycles. The third-order valence-electron chi connectivity index (χ3n) is 4.11. The van der Waals surface area contributed by atoms with Crippen molar-refractivity contribution in [3.8, 4) is 0 Å². The van der Waals surface area contributed by atoms with Gasteiger partial charge in [-0.2, -0.15) is 0 Å². The fourth-order valence-corrected chi connectivity index (χ4v) is 2.53. The fourth-order valence-electron chi connectivity index (χ4n) is 2.53. The summed E-state index contributed by atoms with van der Waals surface area (Å²) in [6.07, 6.45) is 0. The van der Waals surface area contributed by atoms with Crippen LogP contribution in [0.3, 0.4) is 0 Å². The summed E-state index contributed by atoms with van der Waals surface area (Å²) in [5.74, 6) is -0.0588. The van der Waals surface area contributed by atoms with Gasteiger partial charge in [-0.1, -0.05) is 44.2 Å². The molecule has 0 aliphatic rings. The molecule has 2 aromatic rings. The van der Waals surface area contributed by atoms with Crippen LogP contribution in [0.25, 0.3) is 0 Å². The standard InChI is InChI=1S/C19H23N3O3/c1-12(2)14-5-7-15(8-6-14)17(20)11-21-19(23)16-10-13(3)4-9-18(16)22(24)25/h4-10,12,17H,11,20H2,1-3H3,(H,21,23). The van der Waals surface area contributed by atoms with Gasteiger partial charge in [-0.3, -0.25) is 14.9 Å². The van der Waals surface area contributed by atoms with Crippen molar-refractivity contribution < 1.29 is 9.72 Å². The highest BCUT2D eigenvalue weighted by Gasteiger charge is 2.20. The van der Waals surface area contributed by atoms with E-state index in [4.69, 9.17) is 5.73 Å². The monoisotopic (exact) mass is 341 g/mol. The Morgan fingerprint density at radius 3 is 2.32 bits per heavy atom. The maximum atomic E-state index is 12.3. The minimum Gasteiger partial charge on any atom is -0.350 e. The molecule has 1 amide bonds. The maximum Gasteiger partial charge on any atom is 0.282 e. The summed E-state index contributed by atoms with van der Waals surface area (Å²) in [5, 5.41) is 13.8. The van der Waals surface area contributed by atoms with Gasteiger partial charge >= 0.3 is 0 Å². The Hall–Kier alpha value is -2.73. The van der Waals surface area contributed by atoms with E-state index in [1.807, 2.05) is 24.3 Å². The van der Waals surface area contributed by atoms with Gasteiger partial charge in [0.15, 0.2) is 0 Å². The number of aryl methyl sites for hydroxylation is 1. The second-order valence-electron chi connectivity index (χ2n) is 6.42. The molecular formula is C19H23N3O3. The summed E-state index contributed by atoms with van der Waals surface area (Å²) >= 11 is 0.